The molecule has 0 saturated carbocycles. The number of carboxylic acid groups (broad SMARTS) is 3. The van der Waals surface area contributed by atoms with Crippen LogP contribution in [0.4, 0.5) is 0 Å². The molecule has 0 radical (unpaired) electrons. The van der Waals surface area contributed by atoms with Gasteiger partial charge in [0.15, 0.2) is 0 Å². The molecule has 0 amide bonds. The van der Waals surface area contributed by atoms with Gasteiger partial charge in [-0.2, -0.15) is 0 Å². The van der Waals surface area contributed by atoms with Crippen LogP contribution in [-0.4, -0.2) is 48.2 Å². The molecule has 1 atom stereocenters. The average molecular weight is 257 g/mol. The fourth-order valence-corrected chi connectivity index (χ4v) is 1.40. The van der Waals surface area contributed by atoms with Gasteiger partial charge in [0, 0.05) is 0 Å². The summed E-state index contributed by atoms with van der Waals surface area (Å²) in [6.45, 7) is 0. The molecule has 0 aliphatic carbocycles. The van der Waals surface area contributed by atoms with Gasteiger partial charge in [0.2, 0.25) is 0 Å². The van der Waals surface area contributed by atoms with E-state index in [1.807, 2.05) is 0 Å². The Morgan fingerprint density at radius 3 is 1.80 bits per heavy atom. The van der Waals surface area contributed by atoms with Gasteiger partial charge in [0.05, 0.1) is 0 Å². The Morgan fingerprint density at radius 1 is 1.13 bits per heavy atom. The molecule has 0 aromatic carbocycles. The molecule has 8 nitrogen and oxygen atoms in total. The Hall–Kier alpha value is -1.38. The van der Waals surface area contributed by atoms with Crippen molar-refractivity contribution >= 4 is 22.1 Å². The Morgan fingerprint density at radius 2 is 1.60 bits per heavy atom. The standard InChI is InChI=1S/C6H6O7.O.V/c7-3(8)1-6(13,5(11)12)2-4(9)10;;/h13H,1H2,(H,7,8)(H,9,10)(H,11,12);;. The van der Waals surface area contributed by atoms with Gasteiger partial charge in [-0.1, -0.05) is 0 Å². The van der Waals surface area contributed by atoms with E-state index in [0.29, 0.717) is 0 Å². The number of carboxylic acids is 3. The maximum atomic E-state index is 10.5. The van der Waals surface area contributed by atoms with Crippen LogP contribution in [0, 0.1) is 0 Å². The number of aliphatic carboxylic acids is 3. The zero-order valence-electron chi connectivity index (χ0n) is 7.08. The van der Waals surface area contributed by atoms with E-state index in [1.165, 1.54) is 0 Å². The number of carbonyl (C=O) groups is 3. The predicted molar refractivity (Wildman–Crippen MR) is 38.2 cm³/mol. The third kappa shape index (κ3) is 3.05. The zero-order valence-corrected chi connectivity index (χ0v) is 8.47. The van der Waals surface area contributed by atoms with Crippen molar-refractivity contribution in [1.82, 2.24) is 0 Å². The number of rotatable bonds is 5. The van der Waals surface area contributed by atoms with Crippen LogP contribution in [0.1, 0.15) is 6.42 Å². The molecule has 0 aromatic rings. The van der Waals surface area contributed by atoms with Gasteiger partial charge >= 0.3 is 88.4 Å². The van der Waals surface area contributed by atoms with Crippen LogP contribution >= 0.6 is 0 Å². The van der Waals surface area contributed by atoms with E-state index in [9.17, 15) is 23.2 Å². The molecule has 0 rings (SSSR count). The van der Waals surface area contributed by atoms with Gasteiger partial charge in [-0.3, -0.25) is 0 Å². The average Bonchev–Trinajstić information content (AvgIpc) is 2.02. The summed E-state index contributed by atoms with van der Waals surface area (Å²) in [6.07, 6.45) is -1.36. The molecule has 1 unspecified atom stereocenters. The summed E-state index contributed by atoms with van der Waals surface area (Å²) in [7, 11) is 0. The summed E-state index contributed by atoms with van der Waals surface area (Å²) >= 11 is -2.34. The van der Waals surface area contributed by atoms with Gasteiger partial charge in [-0.25, -0.2) is 0 Å². The molecule has 0 aliphatic heterocycles. The predicted octanol–water partition coefficient (Wildman–Crippen LogP) is -2.04. The molecule has 0 heterocycles. The van der Waals surface area contributed by atoms with Gasteiger partial charge in [0.1, 0.15) is 0 Å². The van der Waals surface area contributed by atoms with Crippen LogP contribution in [-0.2, 0) is 33.8 Å². The molecule has 4 N–H and O–H groups in total. The molecule has 0 fully saturated rings. The Labute approximate surface area is 89.0 Å². The van der Waals surface area contributed by atoms with Crippen LogP contribution in [0.3, 0.4) is 0 Å². The van der Waals surface area contributed by atoms with Crippen LogP contribution in [0.15, 0.2) is 0 Å². The van der Waals surface area contributed by atoms with Crippen molar-refractivity contribution in [3.8, 4) is 0 Å². The SMILES string of the molecule is [O]=[V]=[C](C(=O)O)C(O)(CC(=O)O)C(=O)O. The first-order chi connectivity index (χ1) is 6.75. The second-order valence-corrected chi connectivity index (χ2v) is 3.46. The summed E-state index contributed by atoms with van der Waals surface area (Å²) in [4.78, 5) is 31.2. The zero-order chi connectivity index (χ0) is 12.2. The summed E-state index contributed by atoms with van der Waals surface area (Å²) in [5.41, 5.74) is -3.13. The van der Waals surface area contributed by atoms with E-state index >= 15 is 0 Å². The summed E-state index contributed by atoms with van der Waals surface area (Å²) in [5.74, 6) is -5.67. The molecule has 0 aromatic heterocycles. The summed E-state index contributed by atoms with van der Waals surface area (Å²) in [6, 6.07) is 0. The first-order valence-corrected chi connectivity index (χ1v) is 4.64. The van der Waals surface area contributed by atoms with Crippen LogP contribution < -0.4 is 0 Å². The Kier molecular flexibility index (Phi) is 4.47. The van der Waals surface area contributed by atoms with E-state index in [-0.39, 0.29) is 0 Å². The van der Waals surface area contributed by atoms with Crippen molar-refractivity contribution < 1.29 is 54.3 Å². The molecule has 83 valence electrons. The monoisotopic (exact) mass is 257 g/mol. The molecule has 0 saturated heterocycles. The maximum absolute atomic E-state index is 10.5. The van der Waals surface area contributed by atoms with Gasteiger partial charge in [0.25, 0.3) is 0 Å². The van der Waals surface area contributed by atoms with Crippen molar-refractivity contribution in [3.05, 3.63) is 0 Å². The summed E-state index contributed by atoms with van der Waals surface area (Å²) < 4.78 is 9.25. The van der Waals surface area contributed by atoms with E-state index in [0.717, 1.165) is 0 Å². The third-order valence-electron chi connectivity index (χ3n) is 1.45. The third-order valence-corrected chi connectivity index (χ3v) is 2.61. The van der Waals surface area contributed by atoms with Crippen molar-refractivity contribution in [2.45, 2.75) is 12.0 Å². The van der Waals surface area contributed by atoms with Crippen molar-refractivity contribution in [1.29, 1.82) is 0 Å². The Bertz CT molecular complexity index is 367. The molecular formula is C6H6O8V. The van der Waals surface area contributed by atoms with Gasteiger partial charge in [-0.05, 0) is 0 Å². The van der Waals surface area contributed by atoms with Crippen LogP contribution in [0.5, 0.6) is 0 Å². The number of aliphatic hydroxyl groups is 1. The van der Waals surface area contributed by atoms with Gasteiger partial charge in [-0.15, -0.1) is 0 Å². The second-order valence-electron chi connectivity index (χ2n) is 2.48. The van der Waals surface area contributed by atoms with E-state index in [1.54, 1.807) is 0 Å². The molecule has 0 aliphatic rings. The van der Waals surface area contributed by atoms with E-state index in [4.69, 9.17) is 15.3 Å². The van der Waals surface area contributed by atoms with Crippen molar-refractivity contribution in [2.24, 2.45) is 0 Å². The second kappa shape index (κ2) is 4.92. The minimum atomic E-state index is -3.13. The molecular weight excluding hydrogens is 251 g/mol. The van der Waals surface area contributed by atoms with Crippen molar-refractivity contribution in [2.75, 3.05) is 0 Å². The molecule has 0 bridgehead atoms. The fraction of sp³-hybridized carbons (Fsp3) is 0.333. The van der Waals surface area contributed by atoms with Crippen LogP contribution in [0.2, 0.25) is 0 Å². The number of hydrogen-bond acceptors (Lipinski definition) is 5. The first kappa shape index (κ1) is 13.6. The van der Waals surface area contributed by atoms with Crippen molar-refractivity contribution in [3.63, 3.8) is 0 Å². The Balaban J connectivity index is 5.47. The quantitative estimate of drug-likeness (QED) is 0.440. The molecule has 15 heavy (non-hydrogen) atoms. The van der Waals surface area contributed by atoms with Gasteiger partial charge < -0.3 is 0 Å². The number of hydrogen-bond donors (Lipinski definition) is 4. The first-order valence-electron chi connectivity index (χ1n) is 3.37. The molecule has 0 spiro atoms. The minimum absolute atomic E-state index is 1.21. The normalized spacial score (nSPS) is 13.4. The summed E-state index contributed by atoms with van der Waals surface area (Å²) in [5, 5.41) is 34.6. The van der Waals surface area contributed by atoms with E-state index in [2.05, 4.69) is 0 Å². The molecule has 9 heteroatoms. The van der Waals surface area contributed by atoms with E-state index < -0.39 is 49.9 Å². The fourth-order valence-electron chi connectivity index (χ4n) is 0.771. The topological polar surface area (TPSA) is 149 Å². The van der Waals surface area contributed by atoms with Crippen LogP contribution in [0.25, 0.3) is 0 Å².